The van der Waals surface area contributed by atoms with Crippen molar-refractivity contribution in [2.75, 3.05) is 5.32 Å². The first-order valence-corrected chi connectivity index (χ1v) is 5.16. The number of hydrogen-bond donors (Lipinski definition) is 1. The number of carbonyl (C=O) groups is 1. The van der Waals surface area contributed by atoms with Crippen LogP contribution in [0.4, 0.5) is 11.6 Å². The number of nitriles is 1. The predicted molar refractivity (Wildman–Crippen MR) is 64.5 cm³/mol. The van der Waals surface area contributed by atoms with Crippen molar-refractivity contribution in [2.45, 2.75) is 0 Å². The van der Waals surface area contributed by atoms with Crippen LogP contribution in [0.3, 0.4) is 0 Å². The summed E-state index contributed by atoms with van der Waals surface area (Å²) in [7, 11) is 0. The van der Waals surface area contributed by atoms with Gasteiger partial charge in [-0.25, -0.2) is 0 Å². The summed E-state index contributed by atoms with van der Waals surface area (Å²) in [5.41, 5.74) is 0.926. The van der Waals surface area contributed by atoms with Gasteiger partial charge in [-0.1, -0.05) is 0 Å². The van der Waals surface area contributed by atoms with Gasteiger partial charge >= 0.3 is 5.88 Å². The summed E-state index contributed by atoms with van der Waals surface area (Å²) in [4.78, 5) is 21.4. The summed E-state index contributed by atoms with van der Waals surface area (Å²) < 4.78 is 4.76. The number of carbonyl (C=O) groups excluding carboxylic acids is 1. The quantitative estimate of drug-likeness (QED) is 0.670. The fraction of sp³-hybridized carbons (Fsp3) is 0. The maximum absolute atomic E-state index is 11.7. The number of nitrogens with zero attached hydrogens (tertiary/aromatic N) is 2. The molecule has 0 aliphatic carbocycles. The number of furan rings is 1. The zero-order chi connectivity index (χ0) is 13.8. The molecule has 0 fully saturated rings. The standard InChI is InChI=1S/C12H7N3O4/c13-7-8-1-3-9(4-2-8)14-12(16)10-5-6-11(19-10)15(17)18/h1-6H,(H,14,16). The second kappa shape index (κ2) is 5.01. The molecule has 0 atom stereocenters. The number of anilines is 1. The van der Waals surface area contributed by atoms with E-state index in [-0.39, 0.29) is 5.76 Å². The number of hydrogen-bond acceptors (Lipinski definition) is 5. The van der Waals surface area contributed by atoms with E-state index < -0.39 is 16.7 Å². The predicted octanol–water partition coefficient (Wildman–Crippen LogP) is 2.31. The van der Waals surface area contributed by atoms with Gasteiger partial charge in [0, 0.05) is 5.69 Å². The molecule has 1 amide bonds. The molecule has 1 heterocycles. The van der Waals surface area contributed by atoms with Crippen LogP contribution in [0.1, 0.15) is 16.1 Å². The first-order chi connectivity index (χ1) is 9.10. The third-order valence-electron chi connectivity index (χ3n) is 2.27. The zero-order valence-corrected chi connectivity index (χ0v) is 9.49. The molecule has 0 saturated heterocycles. The van der Waals surface area contributed by atoms with Crippen molar-refractivity contribution >= 4 is 17.5 Å². The highest BCUT2D eigenvalue weighted by atomic mass is 16.6. The van der Waals surface area contributed by atoms with Crippen LogP contribution in [-0.2, 0) is 0 Å². The lowest BCUT2D eigenvalue weighted by atomic mass is 10.2. The molecule has 0 aliphatic rings. The Morgan fingerprint density at radius 1 is 1.26 bits per heavy atom. The molecule has 94 valence electrons. The summed E-state index contributed by atoms with van der Waals surface area (Å²) in [5.74, 6) is -1.25. The summed E-state index contributed by atoms with van der Waals surface area (Å²) in [5, 5.41) is 21.5. The minimum Gasteiger partial charge on any atom is -0.395 e. The van der Waals surface area contributed by atoms with Crippen LogP contribution in [0.25, 0.3) is 0 Å². The van der Waals surface area contributed by atoms with Crippen molar-refractivity contribution in [3.05, 3.63) is 57.8 Å². The second-order valence-electron chi connectivity index (χ2n) is 3.54. The molecule has 1 N–H and O–H groups in total. The molecule has 2 rings (SSSR count). The van der Waals surface area contributed by atoms with Crippen molar-refractivity contribution in [1.82, 2.24) is 0 Å². The monoisotopic (exact) mass is 257 g/mol. The smallest absolute Gasteiger partial charge is 0.395 e. The SMILES string of the molecule is N#Cc1ccc(NC(=O)c2ccc([N+](=O)[O-])o2)cc1. The Bertz CT molecular complexity index is 667. The van der Waals surface area contributed by atoms with Crippen molar-refractivity contribution in [3.63, 3.8) is 0 Å². The summed E-state index contributed by atoms with van der Waals surface area (Å²) >= 11 is 0. The Kier molecular flexibility index (Phi) is 3.25. The van der Waals surface area contributed by atoms with E-state index in [0.717, 1.165) is 6.07 Å². The molecule has 0 radical (unpaired) electrons. The minimum absolute atomic E-state index is 0.156. The van der Waals surface area contributed by atoms with Gasteiger partial charge in [-0.3, -0.25) is 14.9 Å². The van der Waals surface area contributed by atoms with Crippen molar-refractivity contribution in [1.29, 1.82) is 5.26 Å². The molecule has 2 aromatic rings. The lowest BCUT2D eigenvalue weighted by molar-refractivity contribution is -0.402. The van der Waals surface area contributed by atoms with E-state index in [1.165, 1.54) is 6.07 Å². The van der Waals surface area contributed by atoms with Crippen LogP contribution >= 0.6 is 0 Å². The number of amides is 1. The first-order valence-electron chi connectivity index (χ1n) is 5.16. The molecule has 0 saturated carbocycles. The number of rotatable bonds is 3. The average molecular weight is 257 g/mol. The number of benzene rings is 1. The van der Waals surface area contributed by atoms with Gasteiger partial charge in [-0.15, -0.1) is 0 Å². The molecule has 1 aromatic carbocycles. The van der Waals surface area contributed by atoms with Gasteiger partial charge < -0.3 is 9.73 Å². The van der Waals surface area contributed by atoms with E-state index in [9.17, 15) is 14.9 Å². The maximum atomic E-state index is 11.7. The van der Waals surface area contributed by atoms with Crippen molar-refractivity contribution in [3.8, 4) is 6.07 Å². The van der Waals surface area contributed by atoms with Gasteiger partial charge in [0.25, 0.3) is 5.91 Å². The molecule has 19 heavy (non-hydrogen) atoms. The minimum atomic E-state index is -0.724. The highest BCUT2D eigenvalue weighted by molar-refractivity contribution is 6.02. The third kappa shape index (κ3) is 2.76. The fourth-order valence-corrected chi connectivity index (χ4v) is 1.37. The fourth-order valence-electron chi connectivity index (χ4n) is 1.37. The van der Waals surface area contributed by atoms with E-state index in [1.54, 1.807) is 24.3 Å². The second-order valence-corrected chi connectivity index (χ2v) is 3.54. The Morgan fingerprint density at radius 3 is 2.47 bits per heavy atom. The first kappa shape index (κ1) is 12.3. The lowest BCUT2D eigenvalue weighted by Crippen LogP contribution is -2.10. The normalized spacial score (nSPS) is 9.63. The van der Waals surface area contributed by atoms with E-state index in [2.05, 4.69) is 5.32 Å². The van der Waals surface area contributed by atoms with Crippen molar-refractivity contribution < 1.29 is 14.1 Å². The molecule has 7 heteroatoms. The highest BCUT2D eigenvalue weighted by Gasteiger charge is 2.17. The number of nitrogens with one attached hydrogen (secondary N) is 1. The molecule has 0 spiro atoms. The molecular weight excluding hydrogens is 250 g/mol. The topological polar surface area (TPSA) is 109 Å². The Balaban J connectivity index is 2.11. The van der Waals surface area contributed by atoms with Gasteiger partial charge in [-0.05, 0) is 30.3 Å². The van der Waals surface area contributed by atoms with E-state index in [1.807, 2.05) is 6.07 Å². The molecular formula is C12H7N3O4. The largest absolute Gasteiger partial charge is 0.433 e. The Labute approximate surface area is 107 Å². The maximum Gasteiger partial charge on any atom is 0.433 e. The Morgan fingerprint density at radius 2 is 1.95 bits per heavy atom. The molecule has 0 aliphatic heterocycles. The Hall–Kier alpha value is -3.14. The van der Waals surface area contributed by atoms with Crippen LogP contribution in [0.15, 0.2) is 40.8 Å². The van der Waals surface area contributed by atoms with Gasteiger partial charge in [0.1, 0.15) is 4.92 Å². The van der Waals surface area contributed by atoms with Crippen LogP contribution in [-0.4, -0.2) is 10.8 Å². The van der Waals surface area contributed by atoms with Crippen molar-refractivity contribution in [2.24, 2.45) is 0 Å². The van der Waals surface area contributed by atoms with Crippen LogP contribution in [0.5, 0.6) is 0 Å². The van der Waals surface area contributed by atoms with Gasteiger partial charge in [0.15, 0.2) is 5.76 Å². The highest BCUT2D eigenvalue weighted by Crippen LogP contribution is 2.17. The van der Waals surface area contributed by atoms with Gasteiger partial charge in [0.05, 0.1) is 17.7 Å². The van der Waals surface area contributed by atoms with Gasteiger partial charge in [-0.2, -0.15) is 5.26 Å². The zero-order valence-electron chi connectivity index (χ0n) is 9.49. The lowest BCUT2D eigenvalue weighted by Gasteiger charge is -2.02. The van der Waals surface area contributed by atoms with Crippen LogP contribution in [0.2, 0.25) is 0 Å². The molecule has 7 nitrogen and oxygen atoms in total. The summed E-state index contributed by atoms with van der Waals surface area (Å²) in [6, 6.07) is 10.5. The summed E-state index contributed by atoms with van der Waals surface area (Å²) in [6.07, 6.45) is 0. The van der Waals surface area contributed by atoms with E-state index >= 15 is 0 Å². The molecule has 0 bridgehead atoms. The molecule has 1 aromatic heterocycles. The van der Waals surface area contributed by atoms with E-state index in [0.29, 0.717) is 11.3 Å². The number of nitro groups is 1. The third-order valence-corrected chi connectivity index (χ3v) is 2.27. The van der Waals surface area contributed by atoms with Gasteiger partial charge in [0.2, 0.25) is 0 Å². The van der Waals surface area contributed by atoms with Crippen LogP contribution < -0.4 is 5.32 Å². The molecule has 0 unspecified atom stereocenters. The van der Waals surface area contributed by atoms with Crippen LogP contribution in [0, 0.1) is 21.4 Å². The summed E-state index contributed by atoms with van der Waals surface area (Å²) in [6.45, 7) is 0. The average Bonchev–Trinajstić information content (AvgIpc) is 2.89. The van der Waals surface area contributed by atoms with E-state index in [4.69, 9.17) is 9.68 Å².